The van der Waals surface area contributed by atoms with E-state index >= 15 is 0 Å². The lowest BCUT2D eigenvalue weighted by atomic mass is 10.1. The van der Waals surface area contributed by atoms with Gasteiger partial charge in [-0.15, -0.1) is 11.0 Å². The summed E-state index contributed by atoms with van der Waals surface area (Å²) < 4.78 is 41.2. The molecule has 1 aliphatic rings. The van der Waals surface area contributed by atoms with Crippen LogP contribution in [-0.2, 0) is 21.4 Å². The summed E-state index contributed by atoms with van der Waals surface area (Å²) in [7, 11) is -2.46. The maximum Gasteiger partial charge on any atom is 0.284 e. The molecule has 1 heterocycles. The highest BCUT2D eigenvalue weighted by Crippen LogP contribution is 2.35. The molecule has 190 valence electrons. The van der Waals surface area contributed by atoms with E-state index in [0.717, 1.165) is 22.9 Å². The van der Waals surface area contributed by atoms with Crippen molar-refractivity contribution < 1.29 is 22.7 Å². The van der Waals surface area contributed by atoms with Crippen molar-refractivity contribution in [2.24, 2.45) is 4.40 Å². The average molecular weight is 535 g/mol. The zero-order valence-electron chi connectivity index (χ0n) is 20.5. The van der Waals surface area contributed by atoms with E-state index in [4.69, 9.17) is 9.47 Å². The van der Waals surface area contributed by atoms with Gasteiger partial charge in [-0.25, -0.2) is 0 Å². The molecule has 0 saturated carbocycles. The molecule has 0 spiro atoms. The molecule has 3 aromatic rings. The van der Waals surface area contributed by atoms with Crippen molar-refractivity contribution in [1.29, 1.82) is 0 Å². The first-order valence-corrected chi connectivity index (χ1v) is 13.6. The van der Waals surface area contributed by atoms with E-state index < -0.39 is 10.0 Å². The molecule has 0 atom stereocenters. The molecular weight excluding hydrogens is 508 g/mol. The van der Waals surface area contributed by atoms with Crippen molar-refractivity contribution in [3.05, 3.63) is 107 Å². The molecule has 1 fully saturated rings. The smallest absolute Gasteiger partial charge is 0.284 e. The highest BCUT2D eigenvalue weighted by atomic mass is 32.2. The Balaban J connectivity index is 1.59. The minimum absolute atomic E-state index is 0.0606. The Morgan fingerprint density at radius 2 is 1.76 bits per heavy atom. The predicted molar refractivity (Wildman–Crippen MR) is 147 cm³/mol. The molecule has 0 bridgehead atoms. The second-order valence-corrected chi connectivity index (χ2v) is 10.8. The molecular formula is C28H26N2O5S2. The van der Waals surface area contributed by atoms with Crippen molar-refractivity contribution in [3.63, 3.8) is 0 Å². The minimum atomic E-state index is -4.00. The van der Waals surface area contributed by atoms with Gasteiger partial charge in [0, 0.05) is 6.54 Å². The Labute approximate surface area is 221 Å². The molecule has 0 unspecified atom stereocenters. The first-order chi connectivity index (χ1) is 17.8. The van der Waals surface area contributed by atoms with E-state index in [1.54, 1.807) is 43.5 Å². The van der Waals surface area contributed by atoms with E-state index in [2.05, 4.69) is 11.0 Å². The molecule has 9 heteroatoms. The van der Waals surface area contributed by atoms with Crippen LogP contribution >= 0.6 is 11.8 Å². The Kier molecular flexibility index (Phi) is 8.15. The molecule has 1 aliphatic heterocycles. The lowest BCUT2D eigenvalue weighted by molar-refractivity contribution is -0.121. The van der Waals surface area contributed by atoms with Crippen LogP contribution in [0.15, 0.2) is 99.6 Å². The topological polar surface area (TPSA) is 85.3 Å². The second kappa shape index (κ2) is 11.5. The van der Waals surface area contributed by atoms with Crippen LogP contribution in [-0.4, -0.2) is 38.0 Å². The number of benzene rings is 3. The number of amidine groups is 1. The summed E-state index contributed by atoms with van der Waals surface area (Å²) in [6, 6.07) is 21.5. The van der Waals surface area contributed by atoms with Crippen LogP contribution in [0.2, 0.25) is 0 Å². The molecule has 0 radical (unpaired) electrons. The maximum atomic E-state index is 13.1. The van der Waals surface area contributed by atoms with E-state index in [-0.39, 0.29) is 22.5 Å². The van der Waals surface area contributed by atoms with E-state index in [9.17, 15) is 13.2 Å². The van der Waals surface area contributed by atoms with Crippen molar-refractivity contribution >= 4 is 38.9 Å². The molecule has 0 aromatic heterocycles. The third-order valence-corrected chi connectivity index (χ3v) is 7.84. The van der Waals surface area contributed by atoms with Gasteiger partial charge in [0.15, 0.2) is 16.7 Å². The summed E-state index contributed by atoms with van der Waals surface area (Å²) in [5.41, 5.74) is 2.65. The van der Waals surface area contributed by atoms with Gasteiger partial charge in [0.25, 0.3) is 15.9 Å². The van der Waals surface area contributed by atoms with Crippen molar-refractivity contribution in [2.75, 3.05) is 13.7 Å². The van der Waals surface area contributed by atoms with Crippen molar-refractivity contribution in [3.8, 4) is 11.5 Å². The third-order valence-electron chi connectivity index (χ3n) is 5.44. The number of ether oxygens (including phenoxy) is 2. The van der Waals surface area contributed by atoms with Gasteiger partial charge < -0.3 is 9.47 Å². The number of hydrogen-bond acceptors (Lipinski definition) is 6. The number of amides is 1. The number of nitrogens with zero attached hydrogens (tertiary/aromatic N) is 2. The maximum absolute atomic E-state index is 13.1. The van der Waals surface area contributed by atoms with Gasteiger partial charge in [-0.2, -0.15) is 8.42 Å². The van der Waals surface area contributed by atoms with Crippen LogP contribution in [0.3, 0.4) is 0 Å². The molecule has 4 rings (SSSR count). The number of hydrogen-bond donors (Lipinski definition) is 0. The van der Waals surface area contributed by atoms with E-state index in [1.807, 2.05) is 37.3 Å². The summed E-state index contributed by atoms with van der Waals surface area (Å²) in [6.07, 6.45) is 3.20. The number of methoxy groups -OCH3 is 1. The quantitative estimate of drug-likeness (QED) is 0.269. The fraction of sp³-hybridized carbons (Fsp3) is 0.143. The molecule has 1 saturated heterocycles. The van der Waals surface area contributed by atoms with Crippen LogP contribution in [0.4, 0.5) is 0 Å². The number of carbonyl (C=O) groups excluding carboxylic acids is 1. The largest absolute Gasteiger partial charge is 0.493 e. The molecule has 0 aliphatic carbocycles. The van der Waals surface area contributed by atoms with Crippen molar-refractivity contribution in [2.45, 2.75) is 18.4 Å². The first kappa shape index (κ1) is 26.2. The van der Waals surface area contributed by atoms with Crippen molar-refractivity contribution in [1.82, 2.24) is 4.90 Å². The lowest BCUT2D eigenvalue weighted by Gasteiger charge is -2.12. The second-order valence-electron chi connectivity index (χ2n) is 8.16. The van der Waals surface area contributed by atoms with Gasteiger partial charge in [0.05, 0.1) is 16.9 Å². The summed E-state index contributed by atoms with van der Waals surface area (Å²) >= 11 is 1.00. The fourth-order valence-corrected chi connectivity index (χ4v) is 5.70. The average Bonchev–Trinajstić information content (AvgIpc) is 3.17. The van der Waals surface area contributed by atoms with Gasteiger partial charge in [0.1, 0.15) is 6.61 Å². The summed E-state index contributed by atoms with van der Waals surface area (Å²) in [5.74, 6) is 0.726. The van der Waals surface area contributed by atoms with Crippen LogP contribution < -0.4 is 9.47 Å². The monoisotopic (exact) mass is 534 g/mol. The normalized spacial score (nSPS) is 15.8. The van der Waals surface area contributed by atoms with E-state index in [1.165, 1.54) is 23.1 Å². The lowest BCUT2D eigenvalue weighted by Crippen LogP contribution is -2.29. The van der Waals surface area contributed by atoms with Gasteiger partial charge in [-0.05, 0) is 60.2 Å². The first-order valence-electron chi connectivity index (χ1n) is 11.4. The number of carbonyl (C=O) groups is 1. The summed E-state index contributed by atoms with van der Waals surface area (Å²) in [4.78, 5) is 14.8. The van der Waals surface area contributed by atoms with Gasteiger partial charge in [-0.3, -0.25) is 9.69 Å². The number of sulfonamides is 1. The fourth-order valence-electron chi connectivity index (χ4n) is 3.51. The third kappa shape index (κ3) is 6.31. The Bertz CT molecular complexity index is 1460. The van der Waals surface area contributed by atoms with Gasteiger partial charge in [0.2, 0.25) is 0 Å². The molecule has 1 amide bonds. The van der Waals surface area contributed by atoms with Crippen LogP contribution in [0, 0.1) is 6.92 Å². The molecule has 3 aromatic carbocycles. The number of thioether (sulfide) groups is 1. The van der Waals surface area contributed by atoms with E-state index in [0.29, 0.717) is 28.6 Å². The predicted octanol–water partition coefficient (Wildman–Crippen LogP) is 5.43. The Hall–Kier alpha value is -3.82. The highest BCUT2D eigenvalue weighted by Gasteiger charge is 2.34. The minimum Gasteiger partial charge on any atom is -0.493 e. The standard InChI is InChI=1S/C28H26N2O5S2/c1-4-16-30-27(31)26(36-28(30)29-37(32,33)23-13-10-20(2)11-14-23)18-22-12-15-24(25(17-22)34-3)35-19-21-8-6-5-7-9-21/h4-15,17-18H,1,16,19H2,2-3H3. The molecule has 7 nitrogen and oxygen atoms in total. The van der Waals surface area contributed by atoms with Gasteiger partial charge in [-0.1, -0.05) is 60.2 Å². The Morgan fingerprint density at radius 1 is 1.03 bits per heavy atom. The molecule has 0 N–H and O–H groups in total. The number of aryl methyl sites for hydroxylation is 1. The zero-order chi connectivity index (χ0) is 26.4. The van der Waals surface area contributed by atoms with Crippen LogP contribution in [0.25, 0.3) is 6.08 Å². The SMILES string of the molecule is C=CCN1C(=O)C(=Cc2ccc(OCc3ccccc3)c(OC)c2)SC1=NS(=O)(=O)c1ccc(C)cc1. The summed E-state index contributed by atoms with van der Waals surface area (Å²) in [5, 5.41) is 0.0755. The Morgan fingerprint density at radius 3 is 2.43 bits per heavy atom. The summed E-state index contributed by atoms with van der Waals surface area (Å²) in [6.45, 7) is 6.06. The molecule has 37 heavy (non-hydrogen) atoms. The number of rotatable bonds is 9. The van der Waals surface area contributed by atoms with Crippen LogP contribution in [0.5, 0.6) is 11.5 Å². The highest BCUT2D eigenvalue weighted by molar-refractivity contribution is 8.19. The zero-order valence-corrected chi connectivity index (χ0v) is 22.1. The van der Waals surface area contributed by atoms with Crippen LogP contribution in [0.1, 0.15) is 16.7 Å². The van der Waals surface area contributed by atoms with Gasteiger partial charge >= 0.3 is 0 Å².